The van der Waals surface area contributed by atoms with Crippen molar-refractivity contribution in [2.24, 2.45) is 5.10 Å². The van der Waals surface area contributed by atoms with Gasteiger partial charge in [-0.05, 0) is 51.8 Å². The van der Waals surface area contributed by atoms with Crippen molar-refractivity contribution in [3.8, 4) is 0 Å². The van der Waals surface area contributed by atoms with Crippen LogP contribution in [0.3, 0.4) is 0 Å². The van der Waals surface area contributed by atoms with Crippen LogP contribution in [-0.2, 0) is 17.4 Å². The van der Waals surface area contributed by atoms with E-state index in [0.717, 1.165) is 17.0 Å². The van der Waals surface area contributed by atoms with Gasteiger partial charge >= 0.3 is 6.18 Å². The number of furan rings is 1. The molecule has 2 aromatic carbocycles. The fraction of sp³-hybridized carbons (Fsp3) is 0.100. The molecule has 1 amide bonds. The number of alkyl halides is 3. The molecule has 0 bridgehead atoms. The van der Waals surface area contributed by atoms with Gasteiger partial charge in [-0.15, -0.1) is 0 Å². The Hall–Kier alpha value is -2.23. The third-order valence-corrected chi connectivity index (χ3v) is 5.80. The van der Waals surface area contributed by atoms with E-state index in [4.69, 9.17) is 16.0 Å². The lowest BCUT2D eigenvalue weighted by atomic mass is 10.1. The minimum absolute atomic E-state index is 0.235. The quantitative estimate of drug-likeness (QED) is 0.298. The van der Waals surface area contributed by atoms with E-state index in [1.807, 2.05) is 12.1 Å². The highest BCUT2D eigenvalue weighted by Crippen LogP contribution is 2.36. The summed E-state index contributed by atoms with van der Waals surface area (Å²) < 4.78 is 44.6. The Morgan fingerprint density at radius 3 is 2.63 bits per heavy atom. The van der Waals surface area contributed by atoms with Gasteiger partial charge in [0.05, 0.1) is 22.7 Å². The Bertz CT molecular complexity index is 1070. The smallest absolute Gasteiger partial charge is 0.416 e. The summed E-state index contributed by atoms with van der Waals surface area (Å²) in [5, 5.41) is 5.02. The lowest BCUT2D eigenvalue weighted by molar-refractivity contribution is -0.137. The van der Waals surface area contributed by atoms with Crippen molar-refractivity contribution < 1.29 is 22.4 Å². The Kier molecular flexibility index (Phi) is 7.27. The molecule has 0 aliphatic heterocycles. The van der Waals surface area contributed by atoms with Gasteiger partial charge in [-0.2, -0.15) is 18.3 Å². The van der Waals surface area contributed by atoms with Crippen molar-refractivity contribution in [1.82, 2.24) is 5.43 Å². The van der Waals surface area contributed by atoms with Gasteiger partial charge in [0.15, 0.2) is 5.09 Å². The summed E-state index contributed by atoms with van der Waals surface area (Å²) in [4.78, 5) is 12.9. The lowest BCUT2D eigenvalue weighted by Gasteiger charge is -2.08. The predicted molar refractivity (Wildman–Crippen MR) is 113 cm³/mol. The highest BCUT2D eigenvalue weighted by atomic mass is 79.9. The van der Waals surface area contributed by atoms with Gasteiger partial charge in [0, 0.05) is 16.0 Å². The first-order chi connectivity index (χ1) is 14.2. The van der Waals surface area contributed by atoms with Crippen LogP contribution in [0.15, 0.2) is 78.6 Å². The number of amides is 1. The summed E-state index contributed by atoms with van der Waals surface area (Å²) >= 11 is 10.6. The van der Waals surface area contributed by atoms with Crippen LogP contribution in [0.25, 0.3) is 0 Å². The summed E-state index contributed by atoms with van der Waals surface area (Å²) in [6.07, 6.45) is -3.39. The van der Waals surface area contributed by atoms with Crippen molar-refractivity contribution in [3.05, 3.63) is 81.0 Å². The third kappa shape index (κ3) is 6.38. The fourth-order valence-electron chi connectivity index (χ4n) is 2.36. The average molecular weight is 518 g/mol. The SMILES string of the molecule is O=C(Cc1cccc(C(F)(F)F)c1)N/N=C/c1cc(Br)c(Sc2ccc(Cl)cc2)o1. The van der Waals surface area contributed by atoms with Crippen molar-refractivity contribution in [2.75, 3.05) is 0 Å². The third-order valence-electron chi connectivity index (χ3n) is 3.70. The second kappa shape index (κ2) is 9.72. The molecule has 3 aromatic rings. The van der Waals surface area contributed by atoms with E-state index in [1.54, 1.807) is 18.2 Å². The fourth-order valence-corrected chi connectivity index (χ4v) is 3.82. The van der Waals surface area contributed by atoms with Gasteiger partial charge in [-0.3, -0.25) is 4.79 Å². The molecule has 10 heteroatoms. The summed E-state index contributed by atoms with van der Waals surface area (Å²) in [5.74, 6) is -0.162. The largest absolute Gasteiger partial charge is 0.447 e. The van der Waals surface area contributed by atoms with Crippen molar-refractivity contribution >= 4 is 51.4 Å². The molecule has 0 atom stereocenters. The maximum absolute atomic E-state index is 12.7. The number of hydrazone groups is 1. The standard InChI is InChI=1S/C20H13BrClF3N2O2S/c21-17-10-15(29-19(17)30-16-6-4-14(22)5-7-16)11-26-27-18(28)9-12-2-1-3-13(8-12)20(23,24)25/h1-8,10-11H,9H2,(H,27,28)/b26-11+. The van der Waals surface area contributed by atoms with Crippen molar-refractivity contribution in [2.45, 2.75) is 22.6 Å². The lowest BCUT2D eigenvalue weighted by Crippen LogP contribution is -2.20. The Morgan fingerprint density at radius 1 is 1.20 bits per heavy atom. The van der Waals surface area contributed by atoms with E-state index in [0.29, 0.717) is 20.3 Å². The minimum atomic E-state index is -4.46. The second-order valence-corrected chi connectivity index (χ2v) is 8.35. The summed E-state index contributed by atoms with van der Waals surface area (Å²) in [6, 6.07) is 13.5. The Morgan fingerprint density at radius 2 is 1.93 bits per heavy atom. The predicted octanol–water partition coefficient (Wildman–Crippen LogP) is 6.56. The van der Waals surface area contributed by atoms with Crippen LogP contribution >= 0.6 is 39.3 Å². The number of nitrogens with zero attached hydrogens (tertiary/aromatic N) is 1. The van der Waals surface area contributed by atoms with Crippen LogP contribution in [-0.4, -0.2) is 12.1 Å². The molecule has 156 valence electrons. The van der Waals surface area contributed by atoms with Gasteiger partial charge in [0.1, 0.15) is 5.76 Å². The number of hydrogen-bond acceptors (Lipinski definition) is 4. The first-order valence-electron chi connectivity index (χ1n) is 8.41. The molecule has 1 N–H and O–H groups in total. The number of nitrogens with one attached hydrogen (secondary N) is 1. The number of halogens is 5. The number of benzene rings is 2. The highest BCUT2D eigenvalue weighted by Gasteiger charge is 2.30. The number of carbonyl (C=O) groups is 1. The molecule has 1 heterocycles. The van der Waals surface area contributed by atoms with Crippen molar-refractivity contribution in [3.63, 3.8) is 0 Å². The molecule has 0 radical (unpaired) electrons. The maximum atomic E-state index is 12.7. The minimum Gasteiger partial charge on any atom is -0.447 e. The van der Waals surface area contributed by atoms with Crippen LogP contribution in [0, 0.1) is 0 Å². The van der Waals surface area contributed by atoms with Crippen molar-refractivity contribution in [1.29, 1.82) is 0 Å². The molecule has 0 spiro atoms. The molecule has 4 nitrogen and oxygen atoms in total. The maximum Gasteiger partial charge on any atom is 0.416 e. The zero-order chi connectivity index (χ0) is 21.7. The molecule has 0 aliphatic carbocycles. The molecule has 0 aliphatic rings. The van der Waals surface area contributed by atoms with Crippen LogP contribution in [0.5, 0.6) is 0 Å². The van der Waals surface area contributed by atoms with Gasteiger partial charge in [-0.1, -0.05) is 41.6 Å². The molecule has 1 aromatic heterocycles. The molecule has 0 unspecified atom stereocenters. The zero-order valence-electron chi connectivity index (χ0n) is 15.0. The van der Waals surface area contributed by atoms with Gasteiger partial charge in [0.2, 0.25) is 5.91 Å². The van der Waals surface area contributed by atoms with E-state index in [-0.39, 0.29) is 12.0 Å². The second-order valence-electron chi connectivity index (χ2n) is 6.01. The van der Waals surface area contributed by atoms with Crippen LogP contribution in [0.4, 0.5) is 13.2 Å². The summed E-state index contributed by atoms with van der Waals surface area (Å²) in [6.45, 7) is 0. The molecule has 3 rings (SSSR count). The van der Waals surface area contributed by atoms with E-state index in [1.165, 1.54) is 30.1 Å². The molecule has 0 saturated carbocycles. The van der Waals surface area contributed by atoms with Crippen LogP contribution < -0.4 is 5.43 Å². The number of rotatable bonds is 6. The van der Waals surface area contributed by atoms with Crippen LogP contribution in [0.2, 0.25) is 5.02 Å². The normalized spacial score (nSPS) is 11.8. The Balaban J connectivity index is 1.57. The van der Waals surface area contributed by atoms with Gasteiger partial charge in [-0.25, -0.2) is 5.43 Å². The highest BCUT2D eigenvalue weighted by molar-refractivity contribution is 9.10. The molecule has 0 fully saturated rings. The van der Waals surface area contributed by atoms with E-state index in [2.05, 4.69) is 26.5 Å². The number of hydrogen-bond donors (Lipinski definition) is 1. The first-order valence-corrected chi connectivity index (χ1v) is 10.4. The molecule has 0 saturated heterocycles. The summed E-state index contributed by atoms with van der Waals surface area (Å²) in [5.41, 5.74) is 1.71. The number of carbonyl (C=O) groups excluding carboxylic acids is 1. The average Bonchev–Trinajstić information content (AvgIpc) is 3.02. The topological polar surface area (TPSA) is 54.6 Å². The molecular formula is C20H13BrClF3N2O2S. The Labute approximate surface area is 187 Å². The first kappa shape index (κ1) is 22.5. The monoisotopic (exact) mass is 516 g/mol. The van der Waals surface area contributed by atoms with Gasteiger partial charge in [0.25, 0.3) is 0 Å². The zero-order valence-corrected chi connectivity index (χ0v) is 18.2. The van der Waals surface area contributed by atoms with E-state index < -0.39 is 17.6 Å². The van der Waals surface area contributed by atoms with Crippen LogP contribution in [0.1, 0.15) is 16.9 Å². The van der Waals surface area contributed by atoms with Gasteiger partial charge < -0.3 is 4.42 Å². The van der Waals surface area contributed by atoms with E-state index >= 15 is 0 Å². The van der Waals surface area contributed by atoms with E-state index in [9.17, 15) is 18.0 Å². The summed E-state index contributed by atoms with van der Waals surface area (Å²) in [7, 11) is 0. The molecular weight excluding hydrogens is 505 g/mol. The molecule has 30 heavy (non-hydrogen) atoms.